The summed E-state index contributed by atoms with van der Waals surface area (Å²) in [7, 11) is 0. The Morgan fingerprint density at radius 3 is 2.61 bits per heavy atom. The van der Waals surface area contributed by atoms with Crippen molar-refractivity contribution >= 4 is 11.8 Å². The fraction of sp³-hybridized carbons (Fsp3) is 0.200. The number of amides is 2. The molecule has 0 aliphatic carbocycles. The molecule has 0 aliphatic rings. The van der Waals surface area contributed by atoms with Gasteiger partial charge in [0, 0.05) is 12.7 Å². The van der Waals surface area contributed by atoms with Gasteiger partial charge in [-0.15, -0.1) is 0 Å². The quantitative estimate of drug-likeness (QED) is 0.843. The summed E-state index contributed by atoms with van der Waals surface area (Å²) < 4.78 is 51.0. The van der Waals surface area contributed by atoms with Gasteiger partial charge < -0.3 is 5.32 Å². The van der Waals surface area contributed by atoms with E-state index < -0.39 is 17.8 Å². The van der Waals surface area contributed by atoms with Crippen LogP contribution in [0.15, 0.2) is 42.6 Å². The Bertz CT molecular complexity index is 688. The topological polar surface area (TPSA) is 54.0 Å². The minimum atomic E-state index is -4.51. The van der Waals surface area contributed by atoms with Gasteiger partial charge in [0.2, 0.25) is 0 Å². The van der Waals surface area contributed by atoms with Gasteiger partial charge in [-0.1, -0.05) is 18.2 Å². The lowest BCUT2D eigenvalue weighted by Gasteiger charge is -2.10. The maximum atomic E-state index is 13.4. The van der Waals surface area contributed by atoms with Crippen LogP contribution in [0.5, 0.6) is 0 Å². The van der Waals surface area contributed by atoms with Crippen LogP contribution >= 0.6 is 0 Å². The van der Waals surface area contributed by atoms with E-state index in [1.54, 1.807) is 18.2 Å². The van der Waals surface area contributed by atoms with Crippen molar-refractivity contribution < 1.29 is 22.4 Å². The number of nitrogens with one attached hydrogen (secondary N) is 2. The van der Waals surface area contributed by atoms with Crippen molar-refractivity contribution in [3.8, 4) is 0 Å². The number of alkyl halides is 3. The number of rotatable bonds is 4. The minimum Gasteiger partial charge on any atom is -0.337 e. The van der Waals surface area contributed by atoms with Crippen LogP contribution < -0.4 is 10.6 Å². The molecule has 0 radical (unpaired) electrons. The zero-order valence-corrected chi connectivity index (χ0v) is 11.8. The van der Waals surface area contributed by atoms with Crippen molar-refractivity contribution in [1.29, 1.82) is 0 Å². The standard InChI is InChI=1S/C15H13F4N3O/c16-12-4-2-1-3-10(12)5-7-21-14(23)22-13-9-11(6-8-20-13)15(17,18)19/h1-4,6,8-9H,5,7H2,(H2,20,21,22,23). The normalized spacial score (nSPS) is 11.1. The lowest BCUT2D eigenvalue weighted by molar-refractivity contribution is -0.137. The van der Waals surface area contributed by atoms with E-state index in [9.17, 15) is 22.4 Å². The van der Waals surface area contributed by atoms with Gasteiger partial charge >= 0.3 is 12.2 Å². The number of aromatic nitrogens is 1. The van der Waals surface area contributed by atoms with Crippen molar-refractivity contribution in [2.24, 2.45) is 0 Å². The first-order chi connectivity index (χ1) is 10.9. The van der Waals surface area contributed by atoms with Gasteiger partial charge in [-0.05, 0) is 30.2 Å². The molecule has 0 unspecified atom stereocenters. The molecule has 2 aromatic rings. The summed E-state index contributed by atoms with van der Waals surface area (Å²) >= 11 is 0. The fourth-order valence-corrected chi connectivity index (χ4v) is 1.85. The van der Waals surface area contributed by atoms with Crippen LogP contribution in [0.25, 0.3) is 0 Å². The molecule has 0 spiro atoms. The number of carbonyl (C=O) groups is 1. The highest BCUT2D eigenvalue weighted by atomic mass is 19.4. The zero-order valence-electron chi connectivity index (χ0n) is 11.8. The Hall–Kier alpha value is -2.64. The molecule has 0 saturated heterocycles. The molecule has 1 heterocycles. The van der Waals surface area contributed by atoms with Gasteiger partial charge in [-0.25, -0.2) is 14.2 Å². The zero-order chi connectivity index (χ0) is 16.9. The summed E-state index contributed by atoms with van der Waals surface area (Å²) in [5.74, 6) is -0.600. The second kappa shape index (κ2) is 7.08. The van der Waals surface area contributed by atoms with E-state index in [-0.39, 0.29) is 24.6 Å². The number of carbonyl (C=O) groups excluding carboxylic acids is 1. The monoisotopic (exact) mass is 327 g/mol. The largest absolute Gasteiger partial charge is 0.416 e. The first-order valence-electron chi connectivity index (χ1n) is 6.68. The van der Waals surface area contributed by atoms with Crippen LogP contribution in [0.4, 0.5) is 28.2 Å². The van der Waals surface area contributed by atoms with Crippen LogP contribution in [0.3, 0.4) is 0 Å². The van der Waals surface area contributed by atoms with Crippen LogP contribution in [0, 0.1) is 5.82 Å². The molecule has 2 amide bonds. The number of anilines is 1. The molecule has 0 fully saturated rings. The fourth-order valence-electron chi connectivity index (χ4n) is 1.85. The molecule has 0 bridgehead atoms. The van der Waals surface area contributed by atoms with Gasteiger partial charge in [0.1, 0.15) is 11.6 Å². The molecule has 8 heteroatoms. The van der Waals surface area contributed by atoms with Crippen molar-refractivity contribution in [1.82, 2.24) is 10.3 Å². The number of nitrogens with zero attached hydrogens (tertiary/aromatic N) is 1. The number of hydrogen-bond acceptors (Lipinski definition) is 2. The van der Waals surface area contributed by atoms with E-state index >= 15 is 0 Å². The Kier molecular flexibility index (Phi) is 5.15. The predicted octanol–water partition coefficient (Wildman–Crippen LogP) is 3.60. The van der Waals surface area contributed by atoms with Crippen molar-refractivity contribution in [3.05, 3.63) is 59.5 Å². The molecule has 1 aromatic carbocycles. The maximum absolute atomic E-state index is 13.4. The summed E-state index contributed by atoms with van der Waals surface area (Å²) in [4.78, 5) is 15.3. The van der Waals surface area contributed by atoms with Gasteiger partial charge in [-0.3, -0.25) is 5.32 Å². The Labute approximate surface area is 129 Å². The van der Waals surface area contributed by atoms with Gasteiger partial charge in [-0.2, -0.15) is 13.2 Å². The molecule has 4 nitrogen and oxygen atoms in total. The van der Waals surface area contributed by atoms with E-state index in [0.29, 0.717) is 5.56 Å². The first-order valence-corrected chi connectivity index (χ1v) is 6.68. The van der Waals surface area contributed by atoms with E-state index in [1.165, 1.54) is 6.07 Å². The highest BCUT2D eigenvalue weighted by Gasteiger charge is 2.30. The maximum Gasteiger partial charge on any atom is 0.416 e. The molecule has 2 N–H and O–H groups in total. The second-order valence-electron chi connectivity index (χ2n) is 4.65. The average molecular weight is 327 g/mol. The summed E-state index contributed by atoms with van der Waals surface area (Å²) in [6.45, 7) is 0.131. The summed E-state index contributed by atoms with van der Waals surface area (Å²) in [6, 6.07) is 6.94. The Balaban J connectivity index is 1.87. The van der Waals surface area contributed by atoms with Gasteiger partial charge in [0.15, 0.2) is 0 Å². The molecule has 0 atom stereocenters. The summed E-state index contributed by atoms with van der Waals surface area (Å²) in [6.07, 6.45) is -3.30. The molecular formula is C15H13F4N3O. The van der Waals surface area contributed by atoms with Crippen LogP contribution in [-0.4, -0.2) is 17.6 Å². The second-order valence-corrected chi connectivity index (χ2v) is 4.65. The summed E-state index contributed by atoms with van der Waals surface area (Å²) in [5.41, 5.74) is -0.473. The van der Waals surface area contributed by atoms with Crippen LogP contribution in [-0.2, 0) is 12.6 Å². The number of halogens is 4. The number of hydrogen-bond donors (Lipinski definition) is 2. The molecule has 0 saturated carbocycles. The third-order valence-corrected chi connectivity index (χ3v) is 2.97. The smallest absolute Gasteiger partial charge is 0.337 e. The van der Waals surface area contributed by atoms with E-state index in [2.05, 4.69) is 15.6 Å². The lowest BCUT2D eigenvalue weighted by atomic mass is 10.1. The number of pyridine rings is 1. The van der Waals surface area contributed by atoms with Gasteiger partial charge in [0.05, 0.1) is 5.56 Å². The highest BCUT2D eigenvalue weighted by Crippen LogP contribution is 2.29. The van der Waals surface area contributed by atoms with E-state index in [0.717, 1.165) is 18.3 Å². The van der Waals surface area contributed by atoms with Crippen LogP contribution in [0.2, 0.25) is 0 Å². The lowest BCUT2D eigenvalue weighted by Crippen LogP contribution is -2.31. The number of benzene rings is 1. The average Bonchev–Trinajstić information content (AvgIpc) is 2.48. The minimum absolute atomic E-state index is 0.131. The van der Waals surface area contributed by atoms with E-state index in [1.807, 2.05) is 0 Å². The summed E-state index contributed by atoms with van der Waals surface area (Å²) in [5, 5.41) is 4.63. The van der Waals surface area contributed by atoms with E-state index in [4.69, 9.17) is 0 Å². The third-order valence-electron chi connectivity index (χ3n) is 2.97. The predicted molar refractivity (Wildman–Crippen MR) is 76.4 cm³/mol. The molecular weight excluding hydrogens is 314 g/mol. The van der Waals surface area contributed by atoms with Crippen LogP contribution in [0.1, 0.15) is 11.1 Å². The molecule has 0 aliphatic heterocycles. The highest BCUT2D eigenvalue weighted by molar-refractivity contribution is 5.88. The van der Waals surface area contributed by atoms with Crippen molar-refractivity contribution in [2.45, 2.75) is 12.6 Å². The first kappa shape index (κ1) is 16.7. The molecule has 23 heavy (non-hydrogen) atoms. The molecule has 1 aromatic heterocycles. The Morgan fingerprint density at radius 1 is 1.17 bits per heavy atom. The molecule has 122 valence electrons. The SMILES string of the molecule is O=C(NCCc1ccccc1F)Nc1cc(C(F)(F)F)ccn1. The third kappa shape index (κ3) is 4.94. The number of urea groups is 1. The Morgan fingerprint density at radius 2 is 1.91 bits per heavy atom. The molecule has 2 rings (SSSR count). The van der Waals surface area contributed by atoms with Crippen molar-refractivity contribution in [3.63, 3.8) is 0 Å². The van der Waals surface area contributed by atoms with Gasteiger partial charge in [0.25, 0.3) is 0 Å². The van der Waals surface area contributed by atoms with Crippen molar-refractivity contribution in [2.75, 3.05) is 11.9 Å².